The molecule has 0 aliphatic rings. The van der Waals surface area contributed by atoms with Gasteiger partial charge in [0.1, 0.15) is 17.3 Å². The summed E-state index contributed by atoms with van der Waals surface area (Å²) in [7, 11) is 0. The molecular formula is C18H22N4O2. The zero-order chi connectivity index (χ0) is 17.7. The van der Waals surface area contributed by atoms with Gasteiger partial charge in [-0.2, -0.15) is 0 Å². The van der Waals surface area contributed by atoms with Crippen LogP contribution in [0.4, 0.5) is 11.5 Å². The Morgan fingerprint density at radius 1 is 1.08 bits per heavy atom. The number of nitrogens with one attached hydrogen (secondary N) is 1. The molecule has 126 valence electrons. The molecule has 24 heavy (non-hydrogen) atoms. The van der Waals surface area contributed by atoms with Crippen molar-refractivity contribution in [1.82, 2.24) is 9.97 Å². The van der Waals surface area contributed by atoms with E-state index in [0.29, 0.717) is 22.8 Å². The molecule has 0 aliphatic carbocycles. The normalized spacial score (nSPS) is 10.3. The maximum absolute atomic E-state index is 12.4. The van der Waals surface area contributed by atoms with Crippen LogP contribution in [-0.4, -0.2) is 34.7 Å². The summed E-state index contributed by atoms with van der Waals surface area (Å²) in [6, 6.07) is 8.47. The second-order valence-corrected chi connectivity index (χ2v) is 5.42. The first kappa shape index (κ1) is 17.6. The second-order valence-electron chi connectivity index (χ2n) is 5.42. The number of benzene rings is 1. The van der Waals surface area contributed by atoms with Crippen LogP contribution in [0.3, 0.4) is 0 Å². The molecule has 0 saturated heterocycles. The van der Waals surface area contributed by atoms with Gasteiger partial charge in [-0.05, 0) is 52.0 Å². The van der Waals surface area contributed by atoms with E-state index >= 15 is 0 Å². The van der Waals surface area contributed by atoms with Crippen molar-refractivity contribution in [3.63, 3.8) is 0 Å². The Hall–Kier alpha value is -2.76. The summed E-state index contributed by atoms with van der Waals surface area (Å²) in [5.74, 6) is 0.980. The van der Waals surface area contributed by atoms with Crippen molar-refractivity contribution in [3.8, 4) is 0 Å². The van der Waals surface area contributed by atoms with Crippen molar-refractivity contribution in [3.05, 3.63) is 47.4 Å². The van der Waals surface area contributed by atoms with Crippen molar-refractivity contribution in [2.24, 2.45) is 0 Å². The van der Waals surface area contributed by atoms with Gasteiger partial charge in [0.2, 0.25) is 0 Å². The van der Waals surface area contributed by atoms with Crippen LogP contribution in [-0.2, 0) is 0 Å². The molecule has 2 rings (SSSR count). The molecule has 0 aliphatic heterocycles. The quantitative estimate of drug-likeness (QED) is 0.826. The summed E-state index contributed by atoms with van der Waals surface area (Å²) in [6.07, 6.45) is 0. The van der Waals surface area contributed by atoms with Gasteiger partial charge in [-0.3, -0.25) is 9.59 Å². The fourth-order valence-corrected chi connectivity index (χ4v) is 2.36. The molecule has 1 heterocycles. The van der Waals surface area contributed by atoms with Crippen LogP contribution in [0.25, 0.3) is 0 Å². The summed E-state index contributed by atoms with van der Waals surface area (Å²) in [4.78, 5) is 34.4. The second kappa shape index (κ2) is 7.68. The minimum atomic E-state index is -0.301. The number of nitrogens with zero attached hydrogens (tertiary/aromatic N) is 3. The number of rotatable bonds is 6. The average molecular weight is 326 g/mol. The number of hydrogen-bond donors (Lipinski definition) is 1. The van der Waals surface area contributed by atoms with Gasteiger partial charge in [0, 0.05) is 30.4 Å². The van der Waals surface area contributed by atoms with Crippen molar-refractivity contribution < 1.29 is 9.59 Å². The first-order valence-electron chi connectivity index (χ1n) is 7.97. The molecule has 2 aromatic rings. The molecule has 0 bridgehead atoms. The van der Waals surface area contributed by atoms with Gasteiger partial charge in [-0.1, -0.05) is 0 Å². The smallest absolute Gasteiger partial charge is 0.274 e. The molecule has 1 N–H and O–H groups in total. The van der Waals surface area contributed by atoms with E-state index in [-0.39, 0.29) is 11.7 Å². The Labute approximate surface area is 141 Å². The van der Waals surface area contributed by atoms with Crippen molar-refractivity contribution in [1.29, 1.82) is 0 Å². The van der Waals surface area contributed by atoms with Gasteiger partial charge in [0.15, 0.2) is 5.78 Å². The van der Waals surface area contributed by atoms with Crippen LogP contribution >= 0.6 is 0 Å². The Bertz CT molecular complexity index is 737. The first-order valence-corrected chi connectivity index (χ1v) is 7.97. The average Bonchev–Trinajstić information content (AvgIpc) is 2.56. The minimum absolute atomic E-state index is 0.0110. The Morgan fingerprint density at radius 3 is 2.25 bits per heavy atom. The highest BCUT2D eigenvalue weighted by molar-refractivity contribution is 6.03. The summed E-state index contributed by atoms with van der Waals surface area (Å²) >= 11 is 0. The molecule has 0 spiro atoms. The van der Waals surface area contributed by atoms with Gasteiger partial charge in [0.25, 0.3) is 5.91 Å². The van der Waals surface area contributed by atoms with E-state index in [4.69, 9.17) is 0 Å². The van der Waals surface area contributed by atoms with E-state index in [9.17, 15) is 9.59 Å². The van der Waals surface area contributed by atoms with E-state index in [1.54, 1.807) is 37.3 Å². The fraction of sp³-hybridized carbons (Fsp3) is 0.333. The zero-order valence-electron chi connectivity index (χ0n) is 14.5. The summed E-state index contributed by atoms with van der Waals surface area (Å²) < 4.78 is 0. The highest BCUT2D eigenvalue weighted by Crippen LogP contribution is 2.15. The number of aryl methyl sites for hydroxylation is 1. The van der Waals surface area contributed by atoms with Crippen LogP contribution < -0.4 is 10.2 Å². The predicted octanol–water partition coefficient (Wildman–Crippen LogP) is 3.09. The molecule has 0 atom stereocenters. The van der Waals surface area contributed by atoms with E-state index < -0.39 is 0 Å². The number of carbonyl (C=O) groups is 2. The minimum Gasteiger partial charge on any atom is -0.357 e. The number of Topliss-reactive ketones (excluding diaryl/α,β-unsaturated/α-hetero) is 1. The topological polar surface area (TPSA) is 75.2 Å². The first-order chi connectivity index (χ1) is 11.4. The molecule has 1 aromatic heterocycles. The van der Waals surface area contributed by atoms with Crippen LogP contribution in [0.5, 0.6) is 0 Å². The van der Waals surface area contributed by atoms with Crippen LogP contribution in [0.15, 0.2) is 30.3 Å². The number of ketones is 1. The SMILES string of the molecule is CCN(CC)c1cc(C(=O)Nc2ccc(C(C)=O)cc2)nc(C)n1. The number of amides is 1. The van der Waals surface area contributed by atoms with Crippen LogP contribution in [0.2, 0.25) is 0 Å². The lowest BCUT2D eigenvalue weighted by molar-refractivity contribution is 0.101. The highest BCUT2D eigenvalue weighted by Gasteiger charge is 2.13. The molecule has 0 radical (unpaired) electrons. The summed E-state index contributed by atoms with van der Waals surface area (Å²) in [6.45, 7) is 8.97. The van der Waals surface area contributed by atoms with E-state index in [2.05, 4.69) is 20.2 Å². The fourth-order valence-electron chi connectivity index (χ4n) is 2.36. The number of aromatic nitrogens is 2. The Balaban J connectivity index is 2.21. The zero-order valence-corrected chi connectivity index (χ0v) is 14.5. The number of hydrogen-bond acceptors (Lipinski definition) is 5. The van der Waals surface area contributed by atoms with Crippen LogP contribution in [0.1, 0.15) is 47.4 Å². The molecular weight excluding hydrogens is 304 g/mol. The highest BCUT2D eigenvalue weighted by atomic mass is 16.2. The molecule has 1 aromatic carbocycles. The van der Waals surface area contributed by atoms with E-state index in [1.807, 2.05) is 13.8 Å². The largest absolute Gasteiger partial charge is 0.357 e. The predicted molar refractivity (Wildman–Crippen MR) is 94.7 cm³/mol. The van der Waals surface area contributed by atoms with Gasteiger partial charge in [-0.25, -0.2) is 9.97 Å². The molecule has 0 unspecified atom stereocenters. The lowest BCUT2D eigenvalue weighted by atomic mass is 10.1. The van der Waals surface area contributed by atoms with Gasteiger partial charge >= 0.3 is 0 Å². The molecule has 1 amide bonds. The third kappa shape index (κ3) is 4.16. The standard InChI is InChI=1S/C18H22N4O2/c1-5-22(6-2)17-11-16(19-13(4)20-17)18(24)21-15-9-7-14(8-10-15)12(3)23/h7-11H,5-6H2,1-4H3,(H,21,24). The molecule has 6 heteroatoms. The van der Waals surface area contributed by atoms with E-state index in [0.717, 1.165) is 18.9 Å². The van der Waals surface area contributed by atoms with Gasteiger partial charge < -0.3 is 10.2 Å². The molecule has 0 saturated carbocycles. The Kier molecular flexibility index (Phi) is 5.63. The van der Waals surface area contributed by atoms with Crippen molar-refractivity contribution in [2.45, 2.75) is 27.7 Å². The monoisotopic (exact) mass is 326 g/mol. The molecule has 6 nitrogen and oxygen atoms in total. The van der Waals surface area contributed by atoms with E-state index in [1.165, 1.54) is 6.92 Å². The summed E-state index contributed by atoms with van der Waals surface area (Å²) in [5.41, 5.74) is 1.54. The van der Waals surface area contributed by atoms with Crippen LogP contribution in [0, 0.1) is 6.92 Å². The Morgan fingerprint density at radius 2 is 1.71 bits per heavy atom. The van der Waals surface area contributed by atoms with Crippen molar-refractivity contribution in [2.75, 3.05) is 23.3 Å². The molecule has 0 fully saturated rings. The maximum Gasteiger partial charge on any atom is 0.274 e. The van der Waals surface area contributed by atoms with Gasteiger partial charge in [-0.15, -0.1) is 0 Å². The lowest BCUT2D eigenvalue weighted by Gasteiger charge is -2.20. The number of carbonyl (C=O) groups excluding carboxylic acids is 2. The third-order valence-electron chi connectivity index (χ3n) is 3.69. The lowest BCUT2D eigenvalue weighted by Crippen LogP contribution is -2.24. The van der Waals surface area contributed by atoms with Gasteiger partial charge in [0.05, 0.1) is 0 Å². The maximum atomic E-state index is 12.4. The van der Waals surface area contributed by atoms with Crippen molar-refractivity contribution >= 4 is 23.2 Å². The number of anilines is 2. The summed E-state index contributed by atoms with van der Waals surface area (Å²) in [5, 5.41) is 2.79. The third-order valence-corrected chi connectivity index (χ3v) is 3.69.